The smallest absolute Gasteiger partial charge is 0.744 e. The van der Waals surface area contributed by atoms with Crippen molar-refractivity contribution in [3.63, 3.8) is 0 Å². The van der Waals surface area contributed by atoms with Crippen LogP contribution in [0.5, 0.6) is 0 Å². The van der Waals surface area contributed by atoms with Gasteiger partial charge in [0.05, 0.1) is 34.6 Å². The summed E-state index contributed by atoms with van der Waals surface area (Å²) >= 11 is 0.368. The topological polar surface area (TPSA) is 163 Å². The third-order valence-electron chi connectivity index (χ3n) is 2.68. The standard InChI is InChI=1S/C11H13N3O8S3.2Li/c1-7-3-11(13-24(2,16)17)14(12-7)8-4-9(23-22-21-15)6-10(5-8)25(18,19)20;;/h3-6,13,15H,1-2H3,(H,18,19,20);;/q;2*+1/p-2. The van der Waals surface area contributed by atoms with Crippen molar-refractivity contribution >= 4 is 38.0 Å². The fourth-order valence-electron chi connectivity index (χ4n) is 1.88. The van der Waals surface area contributed by atoms with E-state index in [2.05, 4.69) is 19.2 Å². The Bertz CT molecular complexity index is 994. The molecule has 2 rings (SSSR count). The molecule has 0 bridgehead atoms. The van der Waals surface area contributed by atoms with Gasteiger partial charge in [0.2, 0.25) is 10.0 Å². The second kappa shape index (κ2) is 10.3. The molecule has 16 heteroatoms. The Morgan fingerprint density at radius 1 is 1.15 bits per heavy atom. The first-order valence-electron chi connectivity index (χ1n) is 6.28. The molecule has 0 saturated heterocycles. The maximum atomic E-state index is 11.5. The number of benzene rings is 1. The first kappa shape index (κ1) is 26.5. The molecule has 2 aromatic rings. The van der Waals surface area contributed by atoms with Crippen LogP contribution in [-0.2, 0) is 29.5 Å². The number of rotatable bonds is 7. The summed E-state index contributed by atoms with van der Waals surface area (Å²) in [5, 5.41) is 17.2. The van der Waals surface area contributed by atoms with E-state index in [1.165, 1.54) is 12.1 Å². The van der Waals surface area contributed by atoms with Gasteiger partial charge in [0, 0.05) is 11.0 Å². The third kappa shape index (κ3) is 7.81. The van der Waals surface area contributed by atoms with Crippen LogP contribution in [0, 0.1) is 6.92 Å². The molecule has 0 radical (unpaired) electrons. The summed E-state index contributed by atoms with van der Waals surface area (Å²) in [6.45, 7) is 1.59. The predicted octanol–water partition coefficient (Wildman–Crippen LogP) is -6.31. The van der Waals surface area contributed by atoms with Gasteiger partial charge in [-0.2, -0.15) is 9.43 Å². The van der Waals surface area contributed by atoms with E-state index in [1.54, 1.807) is 6.92 Å². The average Bonchev–Trinajstić information content (AvgIpc) is 2.82. The Balaban J connectivity index is 0.00000338. The van der Waals surface area contributed by atoms with Crippen molar-refractivity contribution in [3.8, 4) is 5.69 Å². The minimum Gasteiger partial charge on any atom is -0.744 e. The van der Waals surface area contributed by atoms with Gasteiger partial charge in [-0.05, 0) is 25.1 Å². The summed E-state index contributed by atoms with van der Waals surface area (Å²) in [6.07, 6.45) is 0.929. The van der Waals surface area contributed by atoms with Gasteiger partial charge in [0.15, 0.2) is 0 Å². The van der Waals surface area contributed by atoms with Gasteiger partial charge in [-0.25, -0.2) is 21.5 Å². The SMILES string of the molecule is Cc1cc(NS(C)(=O)=O)n(-c2cc(SOO[O-])cc(S(=O)(=O)[O-])c2)n1.[Li+].[Li+]. The van der Waals surface area contributed by atoms with Crippen molar-refractivity contribution in [1.29, 1.82) is 0 Å². The van der Waals surface area contributed by atoms with Crippen molar-refractivity contribution in [2.75, 3.05) is 11.0 Å². The number of aromatic nitrogens is 2. The van der Waals surface area contributed by atoms with E-state index in [1.807, 2.05) is 0 Å². The molecule has 0 unspecified atom stereocenters. The van der Waals surface area contributed by atoms with Crippen LogP contribution in [0.2, 0.25) is 0 Å². The average molecular weight is 423 g/mol. The van der Waals surface area contributed by atoms with Gasteiger partial charge in [0.25, 0.3) is 0 Å². The summed E-state index contributed by atoms with van der Waals surface area (Å²) in [6, 6.07) is 4.70. The molecule has 138 valence electrons. The molecule has 1 aromatic heterocycles. The summed E-state index contributed by atoms with van der Waals surface area (Å²) < 4.78 is 64.3. The van der Waals surface area contributed by atoms with Crippen LogP contribution in [0.1, 0.15) is 5.69 Å². The first-order chi connectivity index (χ1) is 11.5. The zero-order chi connectivity index (χ0) is 18.8. The van der Waals surface area contributed by atoms with E-state index in [9.17, 15) is 26.6 Å². The van der Waals surface area contributed by atoms with Crippen LogP contribution in [-0.4, -0.2) is 37.4 Å². The molecule has 1 aromatic carbocycles. The normalized spacial score (nSPS) is 11.4. The zero-order valence-electron chi connectivity index (χ0n) is 14.7. The third-order valence-corrected chi connectivity index (χ3v) is 4.62. The Labute approximate surface area is 184 Å². The number of nitrogens with one attached hydrogen (secondary N) is 1. The van der Waals surface area contributed by atoms with Gasteiger partial charge < -0.3 is 9.81 Å². The van der Waals surface area contributed by atoms with E-state index < -0.39 is 25.0 Å². The zero-order valence-corrected chi connectivity index (χ0v) is 17.1. The number of sulfonamides is 1. The molecular formula is C11H11Li2N3O8S3. The molecule has 27 heavy (non-hydrogen) atoms. The van der Waals surface area contributed by atoms with E-state index in [0.717, 1.165) is 23.1 Å². The summed E-state index contributed by atoms with van der Waals surface area (Å²) in [5.74, 6) is 0.0254. The number of hydrogen-bond donors (Lipinski definition) is 1. The summed E-state index contributed by atoms with van der Waals surface area (Å²) in [5.41, 5.74) is 0.475. The molecule has 0 atom stereocenters. The molecule has 0 fully saturated rings. The van der Waals surface area contributed by atoms with Gasteiger partial charge in [-0.15, -0.1) is 0 Å². The molecule has 0 aliphatic heterocycles. The van der Waals surface area contributed by atoms with Crippen molar-refractivity contribution in [1.82, 2.24) is 9.78 Å². The van der Waals surface area contributed by atoms with Crippen molar-refractivity contribution < 1.29 is 73.7 Å². The van der Waals surface area contributed by atoms with Gasteiger partial charge in [0.1, 0.15) is 15.9 Å². The van der Waals surface area contributed by atoms with E-state index in [4.69, 9.17) is 0 Å². The first-order valence-corrected chi connectivity index (χ1v) is 10.3. The van der Waals surface area contributed by atoms with Crippen molar-refractivity contribution in [2.45, 2.75) is 16.7 Å². The minimum atomic E-state index is -4.84. The van der Waals surface area contributed by atoms with Crippen LogP contribution < -0.4 is 47.7 Å². The maximum absolute atomic E-state index is 11.5. The number of hydrogen-bond acceptors (Lipinski definition) is 10. The Morgan fingerprint density at radius 3 is 2.30 bits per heavy atom. The summed E-state index contributed by atoms with van der Waals surface area (Å²) in [7, 11) is -8.48. The second-order valence-corrected chi connectivity index (χ2v) is 8.70. The van der Waals surface area contributed by atoms with Crippen LogP contribution >= 0.6 is 12.0 Å². The molecule has 0 saturated carbocycles. The molecule has 11 nitrogen and oxygen atoms in total. The molecule has 0 aliphatic rings. The number of aryl methyl sites for hydroxylation is 1. The van der Waals surface area contributed by atoms with Crippen LogP contribution in [0.15, 0.2) is 34.1 Å². The second-order valence-electron chi connectivity index (χ2n) is 4.79. The summed E-state index contributed by atoms with van der Waals surface area (Å²) in [4.78, 5) is -0.582. The van der Waals surface area contributed by atoms with Crippen LogP contribution in [0.3, 0.4) is 0 Å². The van der Waals surface area contributed by atoms with Crippen LogP contribution in [0.25, 0.3) is 5.69 Å². The molecule has 1 heterocycles. The van der Waals surface area contributed by atoms with Gasteiger partial charge >= 0.3 is 37.7 Å². The fraction of sp³-hybridized carbons (Fsp3) is 0.182. The maximum Gasteiger partial charge on any atom is 1.00 e. The van der Waals surface area contributed by atoms with E-state index in [-0.39, 0.29) is 54.1 Å². The van der Waals surface area contributed by atoms with E-state index >= 15 is 0 Å². The minimum absolute atomic E-state index is 0. The van der Waals surface area contributed by atoms with E-state index in [0.29, 0.717) is 17.7 Å². The van der Waals surface area contributed by atoms with Gasteiger partial charge in [-0.3, -0.25) is 9.76 Å². The fourth-order valence-corrected chi connectivity index (χ4v) is 3.47. The molecule has 0 amide bonds. The largest absolute Gasteiger partial charge is 1.00 e. The Morgan fingerprint density at radius 2 is 1.78 bits per heavy atom. The predicted molar refractivity (Wildman–Crippen MR) is 82.8 cm³/mol. The quantitative estimate of drug-likeness (QED) is 0.149. The Hall–Kier alpha value is -0.485. The van der Waals surface area contributed by atoms with Crippen molar-refractivity contribution in [3.05, 3.63) is 30.0 Å². The molecule has 1 N–H and O–H groups in total. The number of nitrogens with zero attached hydrogens (tertiary/aromatic N) is 2. The van der Waals surface area contributed by atoms with Gasteiger partial charge in [-0.1, -0.05) is 0 Å². The monoisotopic (exact) mass is 423 g/mol. The molecule has 0 aliphatic carbocycles. The Kier molecular flexibility index (Phi) is 10.2. The molecule has 0 spiro atoms. The number of anilines is 1. The molecular weight excluding hydrogens is 412 g/mol. The van der Waals surface area contributed by atoms with Crippen molar-refractivity contribution in [2.24, 2.45) is 0 Å². The van der Waals surface area contributed by atoms with Crippen LogP contribution in [0.4, 0.5) is 5.82 Å².